The number of morpholine rings is 1. The molecule has 2 aliphatic rings. The summed E-state index contributed by atoms with van der Waals surface area (Å²) in [6.07, 6.45) is 3.33. The highest BCUT2D eigenvalue weighted by Gasteiger charge is 2.32. The Balaban J connectivity index is 1.53. The first-order valence-electron chi connectivity index (χ1n) is 13.6. The summed E-state index contributed by atoms with van der Waals surface area (Å²) in [5, 5.41) is 4.50. The summed E-state index contributed by atoms with van der Waals surface area (Å²) < 4.78 is 41.2. The molecule has 2 aromatic carbocycles. The van der Waals surface area contributed by atoms with Gasteiger partial charge in [-0.3, -0.25) is 4.90 Å². The second-order valence-corrected chi connectivity index (χ2v) is 12.3. The molecule has 1 unspecified atom stereocenters. The fourth-order valence-electron chi connectivity index (χ4n) is 5.29. The monoisotopic (exact) mass is 538 g/mol. The number of piperidine rings is 1. The zero-order chi connectivity index (χ0) is 26.5. The molecule has 0 N–H and O–H groups in total. The molecule has 5 rings (SSSR count). The van der Waals surface area contributed by atoms with Crippen LogP contribution in [0.4, 0.5) is 5.88 Å². The molecule has 3 aromatic rings. The second kappa shape index (κ2) is 12.0. The van der Waals surface area contributed by atoms with E-state index in [0.717, 1.165) is 49.2 Å². The van der Waals surface area contributed by atoms with E-state index in [1.807, 2.05) is 49.4 Å². The standard InChI is InChI=1S/C29H38N4O4S/c1-23-11-13-26(14-12-23)38(34,35)32(17-16-31-18-20-36-21-19-31)22-27-28(25-9-4-3-5-10-25)30-37-29(27)33-15-7-6-8-24(33)2/h3-5,9-14,24H,6-8,15-22H2,1-2H3. The van der Waals surface area contributed by atoms with Crippen LogP contribution in [0.2, 0.25) is 0 Å². The van der Waals surface area contributed by atoms with E-state index in [4.69, 9.17) is 9.26 Å². The van der Waals surface area contributed by atoms with Gasteiger partial charge in [0.2, 0.25) is 15.9 Å². The van der Waals surface area contributed by atoms with Gasteiger partial charge in [-0.1, -0.05) is 53.2 Å². The lowest BCUT2D eigenvalue weighted by molar-refractivity contribution is 0.0361. The van der Waals surface area contributed by atoms with Gasteiger partial charge in [-0.05, 0) is 45.2 Å². The largest absolute Gasteiger partial charge is 0.379 e. The van der Waals surface area contributed by atoms with E-state index in [2.05, 4.69) is 21.9 Å². The van der Waals surface area contributed by atoms with E-state index >= 15 is 0 Å². The molecule has 38 heavy (non-hydrogen) atoms. The Morgan fingerprint density at radius 2 is 1.74 bits per heavy atom. The van der Waals surface area contributed by atoms with Crippen molar-refractivity contribution in [1.29, 1.82) is 0 Å². The number of ether oxygens (including phenoxy) is 1. The van der Waals surface area contributed by atoms with Gasteiger partial charge < -0.3 is 14.2 Å². The van der Waals surface area contributed by atoms with Crippen LogP contribution in [0.1, 0.15) is 37.3 Å². The summed E-state index contributed by atoms with van der Waals surface area (Å²) in [6.45, 7) is 9.17. The third-order valence-corrected chi connectivity index (χ3v) is 9.50. The van der Waals surface area contributed by atoms with Crippen LogP contribution >= 0.6 is 0 Å². The summed E-state index contributed by atoms with van der Waals surface area (Å²) >= 11 is 0. The van der Waals surface area contributed by atoms with Gasteiger partial charge >= 0.3 is 0 Å². The highest BCUT2D eigenvalue weighted by Crippen LogP contribution is 2.36. The molecule has 0 bridgehead atoms. The van der Waals surface area contributed by atoms with Crippen LogP contribution in [0.15, 0.2) is 64.0 Å². The molecule has 0 saturated carbocycles. The molecule has 204 valence electrons. The van der Waals surface area contributed by atoms with Crippen LogP contribution in [-0.4, -0.2) is 74.8 Å². The number of hydrogen-bond acceptors (Lipinski definition) is 7. The van der Waals surface area contributed by atoms with Gasteiger partial charge in [0.25, 0.3) is 0 Å². The fourth-order valence-corrected chi connectivity index (χ4v) is 6.69. The Morgan fingerprint density at radius 1 is 1.00 bits per heavy atom. The van der Waals surface area contributed by atoms with Gasteiger partial charge in [0.15, 0.2) is 0 Å². The normalized spacial score (nSPS) is 19.2. The molecule has 1 aromatic heterocycles. The van der Waals surface area contributed by atoms with Crippen LogP contribution in [-0.2, 0) is 21.3 Å². The molecule has 2 fully saturated rings. The third-order valence-electron chi connectivity index (χ3n) is 7.64. The molecule has 2 saturated heterocycles. The number of anilines is 1. The first kappa shape index (κ1) is 26.9. The maximum Gasteiger partial charge on any atom is 0.243 e. The first-order valence-corrected chi connectivity index (χ1v) is 15.0. The maximum absolute atomic E-state index is 14.1. The number of aryl methyl sites for hydroxylation is 1. The summed E-state index contributed by atoms with van der Waals surface area (Å²) in [4.78, 5) is 4.83. The van der Waals surface area contributed by atoms with Gasteiger partial charge in [0, 0.05) is 50.9 Å². The second-order valence-electron chi connectivity index (χ2n) is 10.3. The lowest BCUT2D eigenvalue weighted by Crippen LogP contribution is -2.43. The Bertz CT molecular complexity index is 1290. The molecule has 1 atom stereocenters. The number of hydrogen-bond donors (Lipinski definition) is 0. The fraction of sp³-hybridized carbons (Fsp3) is 0.483. The molecular weight excluding hydrogens is 500 g/mol. The van der Waals surface area contributed by atoms with Crippen LogP contribution in [0.3, 0.4) is 0 Å². The van der Waals surface area contributed by atoms with Crippen molar-refractivity contribution in [2.24, 2.45) is 0 Å². The Morgan fingerprint density at radius 3 is 2.45 bits per heavy atom. The van der Waals surface area contributed by atoms with Crippen molar-refractivity contribution in [3.63, 3.8) is 0 Å². The number of aromatic nitrogens is 1. The van der Waals surface area contributed by atoms with E-state index < -0.39 is 10.0 Å². The summed E-state index contributed by atoms with van der Waals surface area (Å²) in [5.74, 6) is 0.687. The summed E-state index contributed by atoms with van der Waals surface area (Å²) in [5.41, 5.74) is 3.47. The van der Waals surface area contributed by atoms with E-state index in [9.17, 15) is 8.42 Å². The van der Waals surface area contributed by atoms with Crippen LogP contribution in [0.25, 0.3) is 11.3 Å². The van der Waals surface area contributed by atoms with Crippen molar-refractivity contribution in [2.45, 2.75) is 50.6 Å². The highest BCUT2D eigenvalue weighted by atomic mass is 32.2. The first-order chi connectivity index (χ1) is 18.4. The van der Waals surface area contributed by atoms with E-state index in [1.54, 1.807) is 16.4 Å². The number of nitrogens with zero attached hydrogens (tertiary/aromatic N) is 4. The SMILES string of the molecule is Cc1ccc(S(=O)(=O)N(CCN2CCOCC2)Cc2c(-c3ccccc3)noc2N2CCCCC2C)cc1. The average Bonchev–Trinajstić information content (AvgIpc) is 3.35. The molecule has 0 radical (unpaired) electrons. The number of sulfonamides is 1. The summed E-state index contributed by atoms with van der Waals surface area (Å²) in [6, 6.07) is 17.3. The van der Waals surface area contributed by atoms with Gasteiger partial charge in [0.1, 0.15) is 5.69 Å². The van der Waals surface area contributed by atoms with E-state index in [1.165, 1.54) is 6.42 Å². The smallest absolute Gasteiger partial charge is 0.243 e. The van der Waals surface area contributed by atoms with Crippen LogP contribution < -0.4 is 4.90 Å². The van der Waals surface area contributed by atoms with Gasteiger partial charge in [-0.25, -0.2) is 8.42 Å². The zero-order valence-electron chi connectivity index (χ0n) is 22.4. The molecule has 0 amide bonds. The zero-order valence-corrected chi connectivity index (χ0v) is 23.2. The topological polar surface area (TPSA) is 79.1 Å². The average molecular weight is 539 g/mol. The maximum atomic E-state index is 14.1. The predicted octanol–water partition coefficient (Wildman–Crippen LogP) is 4.55. The van der Waals surface area contributed by atoms with Gasteiger partial charge in [0.05, 0.1) is 23.7 Å². The lowest BCUT2D eigenvalue weighted by Gasteiger charge is -2.34. The van der Waals surface area contributed by atoms with Crippen molar-refractivity contribution < 1.29 is 17.7 Å². The van der Waals surface area contributed by atoms with Crippen molar-refractivity contribution in [3.8, 4) is 11.3 Å². The molecule has 0 spiro atoms. The minimum absolute atomic E-state index is 0.187. The lowest BCUT2D eigenvalue weighted by atomic mass is 10.0. The van der Waals surface area contributed by atoms with E-state index in [0.29, 0.717) is 48.8 Å². The third kappa shape index (κ3) is 5.96. The van der Waals surface area contributed by atoms with Crippen LogP contribution in [0, 0.1) is 6.92 Å². The van der Waals surface area contributed by atoms with Crippen molar-refractivity contribution in [2.75, 3.05) is 50.8 Å². The molecular formula is C29H38N4O4S. The summed E-state index contributed by atoms with van der Waals surface area (Å²) in [7, 11) is -3.77. The molecule has 9 heteroatoms. The van der Waals surface area contributed by atoms with Crippen LogP contribution in [0.5, 0.6) is 0 Å². The van der Waals surface area contributed by atoms with E-state index in [-0.39, 0.29) is 6.54 Å². The predicted molar refractivity (Wildman–Crippen MR) is 149 cm³/mol. The highest BCUT2D eigenvalue weighted by molar-refractivity contribution is 7.89. The van der Waals surface area contributed by atoms with Gasteiger partial charge in [-0.15, -0.1) is 0 Å². The van der Waals surface area contributed by atoms with Crippen molar-refractivity contribution in [3.05, 3.63) is 65.7 Å². The Kier molecular flexibility index (Phi) is 8.48. The minimum Gasteiger partial charge on any atom is -0.379 e. The number of benzene rings is 2. The number of rotatable bonds is 9. The Hall–Kier alpha value is -2.72. The molecule has 2 aliphatic heterocycles. The Labute approximate surface area is 226 Å². The molecule has 8 nitrogen and oxygen atoms in total. The van der Waals surface area contributed by atoms with Crippen molar-refractivity contribution in [1.82, 2.24) is 14.4 Å². The van der Waals surface area contributed by atoms with Crippen molar-refractivity contribution >= 4 is 15.9 Å². The minimum atomic E-state index is -3.77. The molecule has 3 heterocycles. The molecule has 0 aliphatic carbocycles. The quantitative estimate of drug-likeness (QED) is 0.395. The van der Waals surface area contributed by atoms with Gasteiger partial charge in [-0.2, -0.15) is 4.31 Å².